The van der Waals surface area contributed by atoms with Crippen LogP contribution in [0.2, 0.25) is 0 Å². The van der Waals surface area contributed by atoms with Gasteiger partial charge in [-0.2, -0.15) is 5.10 Å². The Kier molecular flexibility index (Phi) is 7.85. The minimum Gasteiger partial charge on any atom is -0.473 e. The zero-order chi connectivity index (χ0) is 31.6. The smallest absolute Gasteiger partial charge is 0.238 e. The van der Waals surface area contributed by atoms with E-state index < -0.39 is 0 Å². The van der Waals surface area contributed by atoms with Crippen molar-refractivity contribution in [2.75, 3.05) is 30.3 Å². The van der Waals surface area contributed by atoms with Gasteiger partial charge >= 0.3 is 0 Å². The predicted octanol–water partition coefficient (Wildman–Crippen LogP) is 5.27. The number of carbonyl (C=O) groups is 1. The van der Waals surface area contributed by atoms with Gasteiger partial charge in [0.15, 0.2) is 5.82 Å². The van der Waals surface area contributed by atoms with Gasteiger partial charge in [-0.3, -0.25) is 14.4 Å². The van der Waals surface area contributed by atoms with E-state index in [0.717, 1.165) is 57.6 Å². The van der Waals surface area contributed by atoms with Crippen molar-refractivity contribution in [3.8, 4) is 28.4 Å². The number of aromatic amines is 1. The van der Waals surface area contributed by atoms with E-state index >= 15 is 0 Å². The predicted molar refractivity (Wildman–Crippen MR) is 177 cm³/mol. The molecule has 4 aromatic heterocycles. The number of likely N-dealkylation sites (tertiary alicyclic amines) is 1. The fourth-order valence-corrected chi connectivity index (χ4v) is 5.74. The summed E-state index contributed by atoms with van der Waals surface area (Å²) in [4.78, 5) is 36.6. The summed E-state index contributed by atoms with van der Waals surface area (Å²) >= 11 is 0. The summed E-state index contributed by atoms with van der Waals surface area (Å²) in [6, 6.07) is 19.6. The van der Waals surface area contributed by atoms with Crippen LogP contribution in [0.5, 0.6) is 5.88 Å². The molecule has 0 bridgehead atoms. The largest absolute Gasteiger partial charge is 0.473 e. The standard InChI is InChI=1S/C34H34N10O2/c1-21-16-36-34(40-29-14-22(2)43(3)42-29)41-32(21)26-17-35-33-25(26)10-7-11-27(33)39-30(45)19-44-13-12-24(18-44)46-31-15-28(37-20-38-31)23-8-5-4-6-9-23/h4-11,14-17,20,24,35H,12-13,18-19H2,1-3H3,(H,39,45)(H,36,40,41,42). The van der Waals surface area contributed by atoms with Gasteiger partial charge in [-0.05, 0) is 31.9 Å². The van der Waals surface area contributed by atoms with E-state index in [9.17, 15) is 4.79 Å². The Hall–Kier alpha value is -5.62. The number of nitrogens with zero attached hydrogens (tertiary/aromatic N) is 7. The number of aryl methyl sites for hydroxylation is 3. The molecule has 3 N–H and O–H groups in total. The molecular weight excluding hydrogens is 580 g/mol. The normalized spacial score (nSPS) is 14.9. The number of hydrogen-bond acceptors (Lipinski definition) is 9. The minimum atomic E-state index is -0.0898. The molecule has 1 amide bonds. The van der Waals surface area contributed by atoms with E-state index in [1.54, 1.807) is 10.9 Å². The lowest BCUT2D eigenvalue weighted by molar-refractivity contribution is -0.117. The van der Waals surface area contributed by atoms with Gasteiger partial charge in [-0.25, -0.2) is 19.9 Å². The number of rotatable bonds is 9. The Bertz CT molecular complexity index is 2000. The molecule has 7 rings (SSSR count). The van der Waals surface area contributed by atoms with Gasteiger partial charge in [0, 0.05) is 66.9 Å². The lowest BCUT2D eigenvalue weighted by Gasteiger charge is -2.16. The van der Waals surface area contributed by atoms with Crippen molar-refractivity contribution in [2.24, 2.45) is 7.05 Å². The third kappa shape index (κ3) is 6.15. The van der Waals surface area contributed by atoms with Gasteiger partial charge in [0.2, 0.25) is 17.7 Å². The van der Waals surface area contributed by atoms with E-state index in [-0.39, 0.29) is 18.6 Å². The highest BCUT2D eigenvalue weighted by molar-refractivity contribution is 6.06. The topological polar surface area (TPSA) is 139 Å². The number of carbonyl (C=O) groups excluding carboxylic acids is 1. The van der Waals surface area contributed by atoms with Crippen LogP contribution in [-0.4, -0.2) is 71.2 Å². The van der Waals surface area contributed by atoms with Crippen LogP contribution < -0.4 is 15.4 Å². The SMILES string of the molecule is Cc1cnc(Nc2cc(C)n(C)n2)nc1-c1c[nH]c2c(NC(=O)CN3CCC(Oc4cc(-c5ccccc5)ncn4)C3)cccc12. The van der Waals surface area contributed by atoms with Crippen molar-refractivity contribution < 1.29 is 9.53 Å². The molecule has 232 valence electrons. The molecule has 5 heterocycles. The number of nitrogens with one attached hydrogen (secondary N) is 3. The minimum absolute atomic E-state index is 0.0575. The number of ether oxygens (including phenoxy) is 1. The van der Waals surface area contributed by atoms with Crippen LogP contribution in [0.15, 0.2) is 79.4 Å². The highest BCUT2D eigenvalue weighted by Gasteiger charge is 2.26. The maximum atomic E-state index is 13.2. The Morgan fingerprint density at radius 2 is 1.93 bits per heavy atom. The Morgan fingerprint density at radius 1 is 1.07 bits per heavy atom. The van der Waals surface area contributed by atoms with E-state index in [1.165, 1.54) is 6.33 Å². The van der Waals surface area contributed by atoms with Crippen molar-refractivity contribution in [1.82, 2.24) is 39.6 Å². The van der Waals surface area contributed by atoms with Crippen LogP contribution in [-0.2, 0) is 11.8 Å². The number of amides is 1. The number of benzene rings is 2. The molecule has 6 aromatic rings. The molecule has 1 atom stereocenters. The molecular formula is C34H34N10O2. The maximum Gasteiger partial charge on any atom is 0.238 e. The van der Waals surface area contributed by atoms with Crippen LogP contribution in [0.25, 0.3) is 33.4 Å². The molecule has 0 aliphatic carbocycles. The van der Waals surface area contributed by atoms with Gasteiger partial charge in [-0.1, -0.05) is 42.5 Å². The van der Waals surface area contributed by atoms with Crippen molar-refractivity contribution in [2.45, 2.75) is 26.4 Å². The van der Waals surface area contributed by atoms with Gasteiger partial charge in [-0.15, -0.1) is 0 Å². The first-order chi connectivity index (χ1) is 22.4. The summed E-state index contributed by atoms with van der Waals surface area (Å²) in [5.74, 6) is 1.59. The molecule has 46 heavy (non-hydrogen) atoms. The fourth-order valence-electron chi connectivity index (χ4n) is 5.74. The monoisotopic (exact) mass is 614 g/mol. The van der Waals surface area contributed by atoms with Gasteiger partial charge in [0.05, 0.1) is 29.1 Å². The van der Waals surface area contributed by atoms with E-state index in [4.69, 9.17) is 9.72 Å². The average Bonchev–Trinajstić information content (AvgIpc) is 3.77. The third-order valence-electron chi connectivity index (χ3n) is 8.17. The van der Waals surface area contributed by atoms with E-state index in [0.29, 0.717) is 29.9 Å². The van der Waals surface area contributed by atoms with Crippen LogP contribution in [0.3, 0.4) is 0 Å². The van der Waals surface area contributed by atoms with Crippen molar-refractivity contribution in [1.29, 1.82) is 0 Å². The van der Waals surface area contributed by atoms with Gasteiger partial charge in [0.1, 0.15) is 12.4 Å². The van der Waals surface area contributed by atoms with E-state index in [2.05, 4.69) is 40.6 Å². The summed E-state index contributed by atoms with van der Waals surface area (Å²) in [5, 5.41) is 11.7. The number of para-hydroxylation sites is 1. The van der Waals surface area contributed by atoms with Crippen LogP contribution in [0.4, 0.5) is 17.5 Å². The zero-order valence-corrected chi connectivity index (χ0v) is 25.9. The number of hydrogen-bond donors (Lipinski definition) is 3. The molecule has 1 fully saturated rings. The van der Waals surface area contributed by atoms with Gasteiger partial charge in [0.25, 0.3) is 0 Å². The molecule has 1 saturated heterocycles. The second kappa shape index (κ2) is 12.4. The van der Waals surface area contributed by atoms with Crippen LogP contribution in [0, 0.1) is 13.8 Å². The van der Waals surface area contributed by atoms with Gasteiger partial charge < -0.3 is 20.4 Å². The molecule has 0 radical (unpaired) electrons. The van der Waals surface area contributed by atoms with E-state index in [1.807, 2.05) is 87.8 Å². The van der Waals surface area contributed by atoms with Crippen LogP contribution >= 0.6 is 0 Å². The van der Waals surface area contributed by atoms with Crippen molar-refractivity contribution in [3.63, 3.8) is 0 Å². The van der Waals surface area contributed by atoms with Crippen molar-refractivity contribution >= 4 is 34.3 Å². The quantitative estimate of drug-likeness (QED) is 0.199. The fraction of sp³-hybridized carbons (Fsp3) is 0.235. The lowest BCUT2D eigenvalue weighted by atomic mass is 10.1. The first kappa shape index (κ1) is 29.1. The molecule has 0 saturated carbocycles. The first-order valence-electron chi connectivity index (χ1n) is 15.2. The number of aromatic nitrogens is 7. The second-order valence-electron chi connectivity index (χ2n) is 11.5. The maximum absolute atomic E-state index is 13.2. The highest BCUT2D eigenvalue weighted by atomic mass is 16.5. The second-order valence-corrected chi connectivity index (χ2v) is 11.5. The Balaban J connectivity index is 1.00. The molecule has 2 aromatic carbocycles. The zero-order valence-electron chi connectivity index (χ0n) is 25.9. The average molecular weight is 615 g/mol. The summed E-state index contributed by atoms with van der Waals surface area (Å²) in [5.41, 5.74) is 7.04. The first-order valence-corrected chi connectivity index (χ1v) is 15.2. The highest BCUT2D eigenvalue weighted by Crippen LogP contribution is 2.33. The molecule has 1 unspecified atom stereocenters. The van der Waals surface area contributed by atoms with Crippen LogP contribution in [0.1, 0.15) is 17.7 Å². The summed E-state index contributed by atoms with van der Waals surface area (Å²) < 4.78 is 7.97. The summed E-state index contributed by atoms with van der Waals surface area (Å²) in [6.07, 6.45) is 5.99. The lowest BCUT2D eigenvalue weighted by Crippen LogP contribution is -2.33. The Morgan fingerprint density at radius 3 is 2.76 bits per heavy atom. The third-order valence-corrected chi connectivity index (χ3v) is 8.17. The van der Waals surface area contributed by atoms with Crippen molar-refractivity contribution in [3.05, 3.63) is 90.6 Å². The molecule has 1 aliphatic heterocycles. The number of H-pyrrole nitrogens is 1. The number of fused-ring (bicyclic) bond motifs is 1. The molecule has 12 heteroatoms. The summed E-state index contributed by atoms with van der Waals surface area (Å²) in [6.45, 7) is 5.62. The number of anilines is 3. The molecule has 0 spiro atoms. The summed E-state index contributed by atoms with van der Waals surface area (Å²) in [7, 11) is 1.89. The Labute approximate surface area is 265 Å². The molecule has 12 nitrogen and oxygen atoms in total. The molecule has 1 aliphatic rings.